The molecule has 0 bridgehead atoms. The SMILES string of the molecule is COC(=O)CC[C@@H](C)[C@H]1CC[C@H]2[C@@H]3[C@H](O)C[C@@H]4C[C@H](O)CC[C@]4(C)[C@H]3C[C@H](O)[C@]12C.COC(=O)CC[C@@H](C)[C@H]1CC[C@H]2[C@@H]3[C@H](OC(C)=O)C[C@@H]4C[C@H](OC(C)=O)CC[C@]4(C)[C@H]3C[C@H](O)[C@]12C.C[C@H](CCC(=O)O)[C@H]1CC[C@H]2[C@@H]3[C@H](O)C[C@@H]4C[C@H](O)CC[C@]4(C)[C@H]3C[C@H](O)[C@]12C. The van der Waals surface area contributed by atoms with Crippen LogP contribution in [0.4, 0.5) is 0 Å². The molecule has 12 saturated carbocycles. The van der Waals surface area contributed by atoms with E-state index < -0.39 is 18.2 Å². The Bertz CT molecular complexity index is 2710. The van der Waals surface area contributed by atoms with Gasteiger partial charge in [-0.3, -0.25) is 24.0 Å². The number of ether oxygens (including phenoxy) is 4. The maximum absolute atomic E-state index is 12.2. The van der Waals surface area contributed by atoms with Crippen LogP contribution in [0.15, 0.2) is 0 Å². The summed E-state index contributed by atoms with van der Waals surface area (Å²) in [5.41, 5.74) is -0.479. The van der Waals surface area contributed by atoms with Crippen molar-refractivity contribution in [2.45, 2.75) is 304 Å². The van der Waals surface area contributed by atoms with Crippen LogP contribution in [0.2, 0.25) is 0 Å². The number of carboxylic acid groups (broad SMARTS) is 1. The van der Waals surface area contributed by atoms with Crippen LogP contribution in [0.1, 0.15) is 250 Å². The zero-order chi connectivity index (χ0) is 69.4. The molecule has 17 heteroatoms. The predicted molar refractivity (Wildman–Crippen MR) is 358 cm³/mol. The summed E-state index contributed by atoms with van der Waals surface area (Å²) < 4.78 is 21.4. The summed E-state index contributed by atoms with van der Waals surface area (Å²) in [6, 6.07) is 0. The van der Waals surface area contributed by atoms with Gasteiger partial charge in [-0.1, -0.05) is 62.3 Å². The Morgan fingerprint density at radius 2 is 0.758 bits per heavy atom. The number of aliphatic carboxylic acids is 1. The third kappa shape index (κ3) is 13.5. The van der Waals surface area contributed by atoms with E-state index in [0.29, 0.717) is 90.8 Å². The number of esters is 4. The van der Waals surface area contributed by atoms with E-state index in [1.807, 2.05) is 0 Å². The fourth-order valence-corrected chi connectivity index (χ4v) is 26.9. The first-order valence-electron chi connectivity index (χ1n) is 38.1. The van der Waals surface area contributed by atoms with E-state index in [1.165, 1.54) is 28.1 Å². The molecule has 0 unspecified atom stereocenters. The van der Waals surface area contributed by atoms with Gasteiger partial charge in [0.1, 0.15) is 12.2 Å². The number of methoxy groups -OCH3 is 2. The van der Waals surface area contributed by atoms with Crippen molar-refractivity contribution in [3.8, 4) is 0 Å². The number of hydrogen-bond donors (Lipinski definition) is 8. The Morgan fingerprint density at radius 3 is 1.13 bits per heavy atom. The largest absolute Gasteiger partial charge is 0.481 e. The summed E-state index contributed by atoms with van der Waals surface area (Å²) in [7, 11) is 2.87. The van der Waals surface area contributed by atoms with Crippen LogP contribution < -0.4 is 0 Å². The lowest BCUT2D eigenvalue weighted by molar-refractivity contribution is -0.218. The van der Waals surface area contributed by atoms with Gasteiger partial charge < -0.3 is 59.8 Å². The Kier molecular flexibility index (Phi) is 22.7. The molecule has 33 atom stereocenters. The van der Waals surface area contributed by atoms with Gasteiger partial charge in [-0.2, -0.15) is 0 Å². The van der Waals surface area contributed by atoms with Gasteiger partial charge in [0.25, 0.3) is 0 Å². The highest BCUT2D eigenvalue weighted by molar-refractivity contribution is 5.69. The second kappa shape index (κ2) is 28.8. The molecule has 12 fully saturated rings. The molecular weight excluding hydrogens is 1210 g/mol. The van der Waals surface area contributed by atoms with Crippen molar-refractivity contribution in [2.24, 2.45) is 139 Å². The molecule has 0 radical (unpaired) electrons. The second-order valence-corrected chi connectivity index (χ2v) is 35.8. The predicted octanol–water partition coefficient (Wildman–Crippen LogP) is 11.7. The van der Waals surface area contributed by atoms with E-state index in [9.17, 15) is 59.7 Å². The molecule has 0 heterocycles. The van der Waals surface area contributed by atoms with E-state index in [1.54, 1.807) is 0 Å². The maximum atomic E-state index is 12.2. The van der Waals surface area contributed by atoms with Crippen molar-refractivity contribution in [1.82, 2.24) is 0 Å². The van der Waals surface area contributed by atoms with Crippen molar-refractivity contribution in [1.29, 1.82) is 0 Å². The summed E-state index contributed by atoms with van der Waals surface area (Å²) in [6.45, 7) is 23.4. The lowest BCUT2D eigenvalue weighted by atomic mass is 9.43. The molecule has 542 valence electrons. The van der Waals surface area contributed by atoms with Crippen LogP contribution in [-0.4, -0.2) is 140 Å². The van der Waals surface area contributed by atoms with Crippen LogP contribution in [-0.2, 0) is 42.9 Å². The summed E-state index contributed by atoms with van der Waals surface area (Å²) in [5, 5.41) is 86.9. The van der Waals surface area contributed by atoms with Crippen molar-refractivity contribution in [3.05, 3.63) is 0 Å². The molecule has 95 heavy (non-hydrogen) atoms. The molecule has 0 aromatic heterocycles. The van der Waals surface area contributed by atoms with E-state index in [2.05, 4.69) is 62.3 Å². The van der Waals surface area contributed by atoms with Crippen LogP contribution >= 0.6 is 0 Å². The van der Waals surface area contributed by atoms with Crippen LogP contribution in [0, 0.1) is 139 Å². The Morgan fingerprint density at radius 1 is 0.411 bits per heavy atom. The molecule has 0 spiro atoms. The number of aliphatic hydroxyl groups is 7. The minimum absolute atomic E-state index is 0.0227. The average Bonchev–Trinajstić information content (AvgIpc) is 1.69. The van der Waals surface area contributed by atoms with Gasteiger partial charge in [0.2, 0.25) is 0 Å². The first-order valence-corrected chi connectivity index (χ1v) is 38.1. The van der Waals surface area contributed by atoms with E-state index in [4.69, 9.17) is 24.1 Å². The monoisotopic (exact) mass is 1340 g/mol. The lowest BCUT2D eigenvalue weighted by Crippen LogP contribution is -2.63. The number of rotatable bonds is 14. The van der Waals surface area contributed by atoms with E-state index >= 15 is 0 Å². The minimum atomic E-state index is -0.748. The first-order chi connectivity index (χ1) is 44.6. The number of aliphatic hydroxyl groups excluding tert-OH is 7. The number of carbonyl (C=O) groups excluding carboxylic acids is 4. The first kappa shape index (κ1) is 74.8. The standard InChI is InChI=1S/C29H46O7.C25H42O5.C24H40O5/c1-16(7-10-26(33)34-6)21-8-9-22-27-23(15-25(32)29(21,22)5)28(4)12-11-20(35-17(2)30)13-19(28)14-24(27)36-18(3)31;1-14(5-8-22(29)30-4)17-6-7-18-23-19(13-21(28)25(17,18)3)24(2)10-9-16(26)11-15(24)12-20(23)27;1-13(4-7-21(28)29)16-5-6-17-22-18(12-20(27)24(16,17)3)23(2)9-8-15(25)10-14(23)11-19(22)26/h16,19-25,27,32H,7-15H2,1-6H3;14-21,23,26-28H,5-13H2,1-4H3;13-20,22,25-27H,4-12H2,1-3H3,(H,28,29)/t16-,19+,20-,21-,22+,23+,24-,25+,27+,28+,29-;14-,15+,16-,17-,18+,19+,20-,21+,23+,24+,25-;13-,14+,15-,16-,17+,18+,19-,20+,22+,23+,24-/m111/s1. The maximum Gasteiger partial charge on any atom is 0.305 e. The third-order valence-electron chi connectivity index (χ3n) is 32.0. The van der Waals surface area contributed by atoms with E-state index in [-0.39, 0.29) is 147 Å². The molecular formula is C78H128O17. The van der Waals surface area contributed by atoms with Gasteiger partial charge in [0.15, 0.2) is 0 Å². The van der Waals surface area contributed by atoms with Crippen molar-refractivity contribution in [2.75, 3.05) is 14.2 Å². The Hall–Kier alpha value is -2.93. The fourth-order valence-electron chi connectivity index (χ4n) is 26.9. The molecule has 8 N–H and O–H groups in total. The summed E-state index contributed by atoms with van der Waals surface area (Å²) in [4.78, 5) is 58.4. The highest BCUT2D eigenvalue weighted by Gasteiger charge is 2.70. The minimum Gasteiger partial charge on any atom is -0.481 e. The number of fused-ring (bicyclic) bond motifs is 15. The number of carboxylic acids is 1. The van der Waals surface area contributed by atoms with Gasteiger partial charge in [0.05, 0.1) is 56.9 Å². The number of carbonyl (C=O) groups is 5. The molecule has 0 amide bonds. The van der Waals surface area contributed by atoms with Crippen LogP contribution in [0.3, 0.4) is 0 Å². The molecule has 12 rings (SSSR count). The highest BCUT2D eigenvalue weighted by atomic mass is 16.5. The van der Waals surface area contributed by atoms with Crippen molar-refractivity contribution >= 4 is 29.8 Å². The molecule has 0 aliphatic heterocycles. The summed E-state index contributed by atoms with van der Waals surface area (Å²) in [6.07, 6.45) is 19.2. The zero-order valence-electron chi connectivity index (χ0n) is 60.4. The molecule has 17 nitrogen and oxygen atoms in total. The topological polar surface area (TPSA) is 284 Å². The third-order valence-corrected chi connectivity index (χ3v) is 32.0. The smallest absolute Gasteiger partial charge is 0.305 e. The Balaban J connectivity index is 0.000000156. The average molecular weight is 1340 g/mol. The summed E-state index contributed by atoms with van der Waals surface area (Å²) in [5.74, 6) is 3.77. The van der Waals surface area contributed by atoms with Crippen molar-refractivity contribution < 1.29 is 83.8 Å². The highest BCUT2D eigenvalue weighted by Crippen LogP contribution is 2.72. The van der Waals surface area contributed by atoms with Gasteiger partial charge in [-0.25, -0.2) is 0 Å². The van der Waals surface area contributed by atoms with Gasteiger partial charge >= 0.3 is 29.8 Å². The lowest BCUT2D eigenvalue weighted by Gasteiger charge is -2.64. The van der Waals surface area contributed by atoms with E-state index in [0.717, 1.165) is 141 Å². The molecule has 12 aliphatic carbocycles. The molecule has 0 aromatic carbocycles. The Labute approximate surface area is 568 Å². The zero-order valence-corrected chi connectivity index (χ0v) is 60.4. The summed E-state index contributed by atoms with van der Waals surface area (Å²) >= 11 is 0. The number of hydrogen-bond acceptors (Lipinski definition) is 16. The van der Waals surface area contributed by atoms with Crippen LogP contribution in [0.25, 0.3) is 0 Å². The van der Waals surface area contributed by atoms with Crippen molar-refractivity contribution in [3.63, 3.8) is 0 Å². The van der Waals surface area contributed by atoms with Gasteiger partial charge in [-0.05, 0) is 287 Å². The normalized spacial score (nSPS) is 49.2. The van der Waals surface area contributed by atoms with Gasteiger partial charge in [0, 0.05) is 39.0 Å². The molecule has 12 aliphatic rings. The fraction of sp³-hybridized carbons (Fsp3) is 0.936. The van der Waals surface area contributed by atoms with Crippen LogP contribution in [0.5, 0.6) is 0 Å². The quantitative estimate of drug-likeness (QED) is 0.0592. The molecule has 0 saturated heterocycles. The second-order valence-electron chi connectivity index (χ2n) is 35.8. The van der Waals surface area contributed by atoms with Gasteiger partial charge in [-0.15, -0.1) is 0 Å². The molecule has 0 aromatic rings.